The Balaban J connectivity index is 2.06. The molecule has 0 unspecified atom stereocenters. The monoisotopic (exact) mass is 328 g/mol. The maximum atomic E-state index is 12.4. The number of alkyl halides is 3. The van der Waals surface area contributed by atoms with Crippen LogP contribution in [0.25, 0.3) is 0 Å². The van der Waals surface area contributed by atoms with Gasteiger partial charge >= 0.3 is 6.18 Å². The van der Waals surface area contributed by atoms with Gasteiger partial charge in [0.05, 0.1) is 16.8 Å². The minimum atomic E-state index is -4.53. The van der Waals surface area contributed by atoms with E-state index in [1.165, 1.54) is 12.3 Å². The summed E-state index contributed by atoms with van der Waals surface area (Å²) < 4.78 is 37.3. The number of anilines is 1. The predicted molar refractivity (Wildman–Crippen MR) is 74.9 cm³/mol. The molecular weight excluding hydrogens is 321 g/mol. The van der Waals surface area contributed by atoms with Crippen LogP contribution in [0, 0.1) is 0 Å². The second-order valence-corrected chi connectivity index (χ2v) is 4.41. The van der Waals surface area contributed by atoms with Crippen LogP contribution in [0.2, 0.25) is 5.02 Å². The molecule has 0 aromatic carbocycles. The van der Waals surface area contributed by atoms with Crippen LogP contribution in [0.5, 0.6) is 0 Å². The lowest BCUT2D eigenvalue weighted by molar-refractivity contribution is -0.137. The lowest BCUT2D eigenvalue weighted by atomic mass is 10.3. The van der Waals surface area contributed by atoms with Crippen molar-refractivity contribution in [2.75, 3.05) is 5.43 Å². The average molecular weight is 329 g/mol. The fourth-order valence-corrected chi connectivity index (χ4v) is 1.61. The van der Waals surface area contributed by atoms with Crippen molar-refractivity contribution in [2.24, 2.45) is 5.10 Å². The summed E-state index contributed by atoms with van der Waals surface area (Å²) >= 11 is 5.67. The summed E-state index contributed by atoms with van der Waals surface area (Å²) in [5, 5.41) is 3.31. The van der Waals surface area contributed by atoms with E-state index in [-0.39, 0.29) is 16.5 Å². The maximum absolute atomic E-state index is 12.4. The number of carbonyl (C=O) groups is 1. The van der Waals surface area contributed by atoms with Gasteiger partial charge in [0, 0.05) is 12.4 Å². The molecule has 2 heterocycles. The number of rotatable bonds is 4. The van der Waals surface area contributed by atoms with Crippen molar-refractivity contribution in [1.82, 2.24) is 9.97 Å². The highest BCUT2D eigenvalue weighted by Crippen LogP contribution is 2.32. The highest BCUT2D eigenvalue weighted by Gasteiger charge is 2.31. The quantitative estimate of drug-likeness (QED) is 0.530. The molecule has 5 nitrogen and oxygen atoms in total. The Morgan fingerprint density at radius 3 is 2.68 bits per heavy atom. The number of nitrogens with zero attached hydrogens (tertiary/aromatic N) is 3. The molecule has 0 aliphatic carbocycles. The smallest absolute Gasteiger partial charge is 0.286 e. The van der Waals surface area contributed by atoms with Gasteiger partial charge in [0.15, 0.2) is 5.82 Å². The normalized spacial score (nSPS) is 11.6. The SMILES string of the molecule is O=C(/C=N/Nc1ncc(C(F)(F)F)cc1Cl)c1ccccn1. The number of pyridine rings is 2. The van der Waals surface area contributed by atoms with E-state index in [1.54, 1.807) is 12.1 Å². The fourth-order valence-electron chi connectivity index (χ4n) is 1.40. The van der Waals surface area contributed by atoms with Gasteiger partial charge in [-0.1, -0.05) is 17.7 Å². The van der Waals surface area contributed by atoms with E-state index < -0.39 is 17.5 Å². The molecule has 0 saturated heterocycles. The molecule has 0 fully saturated rings. The van der Waals surface area contributed by atoms with Gasteiger partial charge in [-0.15, -0.1) is 0 Å². The lowest BCUT2D eigenvalue weighted by Crippen LogP contribution is -2.07. The topological polar surface area (TPSA) is 67.2 Å². The van der Waals surface area contributed by atoms with E-state index in [0.717, 1.165) is 6.21 Å². The number of hydrazone groups is 1. The molecule has 2 aromatic heterocycles. The third-order valence-corrected chi connectivity index (χ3v) is 2.73. The van der Waals surface area contributed by atoms with Crippen LogP contribution in [0.4, 0.5) is 19.0 Å². The van der Waals surface area contributed by atoms with E-state index in [1.807, 2.05) is 0 Å². The number of aromatic nitrogens is 2. The summed E-state index contributed by atoms with van der Waals surface area (Å²) in [6.07, 6.45) is -1.54. The van der Waals surface area contributed by atoms with Crippen molar-refractivity contribution in [3.8, 4) is 0 Å². The van der Waals surface area contributed by atoms with Crippen LogP contribution >= 0.6 is 11.6 Å². The summed E-state index contributed by atoms with van der Waals surface area (Å²) in [4.78, 5) is 19.0. The third-order valence-electron chi connectivity index (χ3n) is 2.44. The molecule has 2 aromatic rings. The van der Waals surface area contributed by atoms with E-state index in [4.69, 9.17) is 11.6 Å². The van der Waals surface area contributed by atoms with Crippen LogP contribution in [0.15, 0.2) is 41.8 Å². The van der Waals surface area contributed by atoms with Crippen LogP contribution in [-0.2, 0) is 6.18 Å². The largest absolute Gasteiger partial charge is 0.417 e. The first-order valence-electron chi connectivity index (χ1n) is 5.85. The van der Waals surface area contributed by atoms with Crippen LogP contribution in [0.3, 0.4) is 0 Å². The molecule has 0 bridgehead atoms. The third kappa shape index (κ3) is 4.01. The molecule has 0 radical (unpaired) electrons. The highest BCUT2D eigenvalue weighted by molar-refractivity contribution is 6.35. The molecule has 0 spiro atoms. The Hall–Kier alpha value is -2.48. The van der Waals surface area contributed by atoms with Crippen LogP contribution < -0.4 is 5.43 Å². The van der Waals surface area contributed by atoms with E-state index in [0.29, 0.717) is 12.3 Å². The first-order chi connectivity index (χ1) is 10.4. The Kier molecular flexibility index (Phi) is 4.71. The van der Waals surface area contributed by atoms with Gasteiger partial charge < -0.3 is 0 Å². The van der Waals surface area contributed by atoms with Gasteiger partial charge in [0.1, 0.15) is 5.69 Å². The standard InChI is InChI=1S/C13H8ClF3N4O/c14-9-5-8(13(15,16)17)6-19-12(9)21-20-7-11(22)10-3-1-2-4-18-10/h1-7H,(H,19,21)/b20-7+. The van der Waals surface area contributed by atoms with Crippen molar-refractivity contribution >= 4 is 29.4 Å². The molecule has 22 heavy (non-hydrogen) atoms. The summed E-state index contributed by atoms with van der Waals surface area (Å²) in [5.74, 6) is -0.573. The summed E-state index contributed by atoms with van der Waals surface area (Å²) in [6.45, 7) is 0. The fraction of sp³-hybridized carbons (Fsp3) is 0.0769. The number of hydrogen-bond donors (Lipinski definition) is 1. The Morgan fingerprint density at radius 1 is 1.32 bits per heavy atom. The zero-order valence-corrected chi connectivity index (χ0v) is 11.6. The highest BCUT2D eigenvalue weighted by atomic mass is 35.5. The van der Waals surface area contributed by atoms with Crippen molar-refractivity contribution < 1.29 is 18.0 Å². The van der Waals surface area contributed by atoms with Gasteiger partial charge in [-0.25, -0.2) is 4.98 Å². The minimum Gasteiger partial charge on any atom is -0.286 e. The minimum absolute atomic E-state index is 0.0975. The zero-order chi connectivity index (χ0) is 16.2. The Bertz CT molecular complexity index is 704. The maximum Gasteiger partial charge on any atom is 0.417 e. The second kappa shape index (κ2) is 6.52. The summed E-state index contributed by atoms with van der Waals surface area (Å²) in [7, 11) is 0. The van der Waals surface area contributed by atoms with Gasteiger partial charge in [0.2, 0.25) is 5.78 Å². The molecule has 0 aliphatic heterocycles. The number of Topliss-reactive ketones (excluding diaryl/α,β-unsaturated/α-hetero) is 1. The van der Waals surface area contributed by atoms with E-state index in [9.17, 15) is 18.0 Å². The Labute approximate surface area is 127 Å². The predicted octanol–water partition coefficient (Wildman–Crippen LogP) is 3.43. The number of carbonyl (C=O) groups excluding carboxylic acids is 1. The number of halogens is 4. The van der Waals surface area contributed by atoms with Gasteiger partial charge in [0.25, 0.3) is 0 Å². The summed E-state index contributed by atoms with van der Waals surface area (Å²) in [6, 6.07) is 5.50. The first-order valence-corrected chi connectivity index (χ1v) is 6.23. The van der Waals surface area contributed by atoms with Crippen LogP contribution in [-0.4, -0.2) is 22.0 Å². The van der Waals surface area contributed by atoms with Crippen molar-refractivity contribution in [2.45, 2.75) is 6.18 Å². The van der Waals surface area contributed by atoms with Crippen molar-refractivity contribution in [3.05, 3.63) is 52.9 Å². The van der Waals surface area contributed by atoms with Crippen molar-refractivity contribution in [3.63, 3.8) is 0 Å². The number of ketones is 1. The number of hydrogen-bond acceptors (Lipinski definition) is 5. The van der Waals surface area contributed by atoms with Gasteiger partial charge in [-0.2, -0.15) is 18.3 Å². The molecule has 0 amide bonds. The van der Waals surface area contributed by atoms with E-state index in [2.05, 4.69) is 20.5 Å². The molecule has 1 N–H and O–H groups in total. The molecule has 0 saturated carbocycles. The van der Waals surface area contributed by atoms with Gasteiger partial charge in [-0.3, -0.25) is 15.2 Å². The number of nitrogens with one attached hydrogen (secondary N) is 1. The molecular formula is C13H8ClF3N4O. The molecule has 114 valence electrons. The summed E-state index contributed by atoms with van der Waals surface area (Å²) in [5.41, 5.74) is 1.51. The van der Waals surface area contributed by atoms with Crippen molar-refractivity contribution in [1.29, 1.82) is 0 Å². The van der Waals surface area contributed by atoms with E-state index >= 15 is 0 Å². The van der Waals surface area contributed by atoms with Gasteiger partial charge in [-0.05, 0) is 18.2 Å². The first kappa shape index (κ1) is 15.9. The molecule has 2 rings (SSSR count). The molecule has 9 heteroatoms. The lowest BCUT2D eigenvalue weighted by Gasteiger charge is -2.08. The second-order valence-electron chi connectivity index (χ2n) is 4.00. The average Bonchev–Trinajstić information content (AvgIpc) is 2.48. The zero-order valence-electron chi connectivity index (χ0n) is 10.8. The molecule has 0 aliphatic rings. The van der Waals surface area contributed by atoms with Crippen LogP contribution in [0.1, 0.15) is 16.1 Å². The molecule has 0 atom stereocenters. The Morgan fingerprint density at radius 2 is 2.09 bits per heavy atom.